The van der Waals surface area contributed by atoms with Gasteiger partial charge >= 0.3 is 0 Å². The molecule has 1 atom stereocenters. The highest BCUT2D eigenvalue weighted by Gasteiger charge is 2.18. The van der Waals surface area contributed by atoms with E-state index in [0.29, 0.717) is 21.8 Å². The zero-order valence-corrected chi connectivity index (χ0v) is 22.2. The Bertz CT molecular complexity index is 1540. The Morgan fingerprint density at radius 3 is 2.20 bits per heavy atom. The van der Waals surface area contributed by atoms with E-state index < -0.39 is 28.7 Å². The Morgan fingerprint density at radius 1 is 0.775 bits per heavy atom. The van der Waals surface area contributed by atoms with Crippen LogP contribution in [0.15, 0.2) is 114 Å². The molecule has 0 bridgehead atoms. The van der Waals surface area contributed by atoms with Crippen molar-refractivity contribution in [3.8, 4) is 0 Å². The molecule has 4 aromatic carbocycles. The lowest BCUT2D eigenvalue weighted by Gasteiger charge is -2.14. The summed E-state index contributed by atoms with van der Waals surface area (Å²) in [6, 6.07) is 26.6. The highest BCUT2D eigenvalue weighted by molar-refractivity contribution is 8.00. The molecule has 0 saturated heterocycles. The maximum atomic E-state index is 14.4. The average Bonchev–Trinajstić information content (AvgIpc) is 2.95. The van der Waals surface area contributed by atoms with Gasteiger partial charge < -0.3 is 16.0 Å². The van der Waals surface area contributed by atoms with Crippen LogP contribution in [0.4, 0.5) is 20.2 Å². The van der Waals surface area contributed by atoms with Gasteiger partial charge in [-0.3, -0.25) is 14.4 Å². The van der Waals surface area contributed by atoms with Gasteiger partial charge in [0.05, 0.1) is 5.25 Å². The van der Waals surface area contributed by atoms with E-state index in [4.69, 9.17) is 0 Å². The van der Waals surface area contributed by atoms with Gasteiger partial charge in [-0.05, 0) is 73.7 Å². The normalized spacial score (nSPS) is 11.8. The number of hydrogen-bond acceptors (Lipinski definition) is 4. The topological polar surface area (TPSA) is 87.3 Å². The number of halogens is 2. The molecular weight excluding hydrogens is 532 g/mol. The molecule has 202 valence electrons. The van der Waals surface area contributed by atoms with Crippen molar-refractivity contribution in [1.82, 2.24) is 5.32 Å². The third-order valence-electron chi connectivity index (χ3n) is 5.62. The van der Waals surface area contributed by atoms with E-state index in [1.165, 1.54) is 60.3 Å². The second-order valence-electron chi connectivity index (χ2n) is 8.64. The molecule has 0 spiro atoms. The van der Waals surface area contributed by atoms with E-state index in [9.17, 15) is 23.2 Å². The lowest BCUT2D eigenvalue weighted by molar-refractivity contribution is -0.115. The van der Waals surface area contributed by atoms with Crippen molar-refractivity contribution in [2.24, 2.45) is 0 Å². The second-order valence-corrected chi connectivity index (χ2v) is 10.1. The van der Waals surface area contributed by atoms with Crippen molar-refractivity contribution in [3.05, 3.63) is 132 Å². The Morgan fingerprint density at radius 2 is 1.48 bits per heavy atom. The molecule has 4 rings (SSSR count). The van der Waals surface area contributed by atoms with E-state index >= 15 is 0 Å². The number of carbonyl (C=O) groups is 3. The van der Waals surface area contributed by atoms with E-state index in [0.717, 1.165) is 0 Å². The first-order chi connectivity index (χ1) is 19.3. The van der Waals surface area contributed by atoms with Crippen LogP contribution in [-0.4, -0.2) is 23.0 Å². The molecule has 0 heterocycles. The zero-order valence-electron chi connectivity index (χ0n) is 21.4. The fourth-order valence-electron chi connectivity index (χ4n) is 3.57. The van der Waals surface area contributed by atoms with Crippen molar-refractivity contribution in [3.63, 3.8) is 0 Å². The van der Waals surface area contributed by atoms with Gasteiger partial charge in [-0.15, -0.1) is 11.8 Å². The maximum absolute atomic E-state index is 14.4. The number of anilines is 2. The van der Waals surface area contributed by atoms with E-state index in [1.54, 1.807) is 67.6 Å². The summed E-state index contributed by atoms with van der Waals surface area (Å²) in [6.45, 7) is 1.73. The summed E-state index contributed by atoms with van der Waals surface area (Å²) in [7, 11) is 0. The highest BCUT2D eigenvalue weighted by atomic mass is 32.2. The maximum Gasteiger partial charge on any atom is 0.272 e. The van der Waals surface area contributed by atoms with Gasteiger partial charge in [-0.2, -0.15) is 0 Å². The predicted molar refractivity (Wildman–Crippen MR) is 154 cm³/mol. The molecule has 0 aromatic heterocycles. The van der Waals surface area contributed by atoms with Gasteiger partial charge in [0.2, 0.25) is 5.91 Å². The van der Waals surface area contributed by atoms with Crippen LogP contribution in [0.25, 0.3) is 6.08 Å². The number of rotatable bonds is 9. The molecule has 6 nitrogen and oxygen atoms in total. The molecule has 9 heteroatoms. The summed E-state index contributed by atoms with van der Waals surface area (Å²) in [5.41, 5.74) is 1.21. The lowest BCUT2D eigenvalue weighted by atomic mass is 10.1. The number of nitrogens with one attached hydrogen (secondary N) is 3. The highest BCUT2D eigenvalue weighted by Crippen LogP contribution is 2.27. The summed E-state index contributed by atoms with van der Waals surface area (Å²) in [6.07, 6.45) is 1.27. The van der Waals surface area contributed by atoms with Crippen molar-refractivity contribution in [1.29, 1.82) is 0 Å². The summed E-state index contributed by atoms with van der Waals surface area (Å²) >= 11 is 1.26. The van der Waals surface area contributed by atoms with E-state index in [1.807, 2.05) is 0 Å². The Balaban J connectivity index is 1.48. The molecule has 0 radical (unpaired) electrons. The van der Waals surface area contributed by atoms with Crippen molar-refractivity contribution >= 4 is 46.9 Å². The standard InChI is InChI=1S/C31H25F2N3O3S/c1-20(29(37)34-24-16-14-23(32)15-17-24)40-26-12-7-11-25(19-26)35-31(39)28(18-22-10-5-6-13-27(22)33)36-30(38)21-8-3-2-4-9-21/h2-20H,1H3,(H,34,37)(H,35,39)(H,36,38)/b28-18-. The van der Waals surface area contributed by atoms with Gasteiger partial charge in [-0.1, -0.05) is 42.5 Å². The number of hydrogen-bond donors (Lipinski definition) is 3. The van der Waals surface area contributed by atoms with Gasteiger partial charge in [0.25, 0.3) is 11.8 Å². The van der Waals surface area contributed by atoms with E-state index in [2.05, 4.69) is 16.0 Å². The van der Waals surface area contributed by atoms with Crippen LogP contribution in [0.5, 0.6) is 0 Å². The Labute approximate surface area is 234 Å². The number of carbonyl (C=O) groups excluding carboxylic acids is 3. The van der Waals surface area contributed by atoms with Crippen LogP contribution in [0, 0.1) is 11.6 Å². The molecule has 0 saturated carbocycles. The van der Waals surface area contributed by atoms with Crippen LogP contribution < -0.4 is 16.0 Å². The van der Waals surface area contributed by atoms with Crippen LogP contribution in [0.2, 0.25) is 0 Å². The second kappa shape index (κ2) is 13.3. The van der Waals surface area contributed by atoms with E-state index in [-0.39, 0.29) is 17.2 Å². The Kier molecular flexibility index (Phi) is 9.43. The third-order valence-corrected chi connectivity index (χ3v) is 6.71. The van der Waals surface area contributed by atoms with Crippen molar-refractivity contribution < 1.29 is 23.2 Å². The van der Waals surface area contributed by atoms with Gasteiger partial charge in [0.1, 0.15) is 17.3 Å². The fourth-order valence-corrected chi connectivity index (χ4v) is 4.50. The first-order valence-electron chi connectivity index (χ1n) is 12.3. The summed E-state index contributed by atoms with van der Waals surface area (Å²) in [4.78, 5) is 39.3. The average molecular weight is 558 g/mol. The first-order valence-corrected chi connectivity index (χ1v) is 13.1. The summed E-state index contributed by atoms with van der Waals surface area (Å²) in [5.74, 6) is -2.40. The predicted octanol–water partition coefficient (Wildman–Crippen LogP) is 6.49. The summed E-state index contributed by atoms with van der Waals surface area (Å²) in [5, 5.41) is 7.55. The molecule has 40 heavy (non-hydrogen) atoms. The van der Waals surface area contributed by atoms with Crippen LogP contribution in [-0.2, 0) is 9.59 Å². The molecule has 3 N–H and O–H groups in total. The zero-order chi connectivity index (χ0) is 28.5. The van der Waals surface area contributed by atoms with Crippen LogP contribution in [0.1, 0.15) is 22.8 Å². The third kappa shape index (κ3) is 7.87. The largest absolute Gasteiger partial charge is 0.325 e. The SMILES string of the molecule is CC(Sc1cccc(NC(=O)/C(=C/c2ccccc2F)NC(=O)c2ccccc2)c1)C(=O)Nc1ccc(F)cc1. The fraction of sp³-hybridized carbons (Fsp3) is 0.0645. The number of benzene rings is 4. The molecule has 4 aromatic rings. The van der Waals surface area contributed by atoms with Gasteiger partial charge in [-0.25, -0.2) is 8.78 Å². The lowest BCUT2D eigenvalue weighted by Crippen LogP contribution is -2.30. The number of thioether (sulfide) groups is 1. The molecule has 0 aliphatic heterocycles. The minimum atomic E-state index is -0.656. The number of amides is 3. The molecule has 0 aliphatic carbocycles. The monoisotopic (exact) mass is 557 g/mol. The molecule has 1 unspecified atom stereocenters. The summed E-state index contributed by atoms with van der Waals surface area (Å²) < 4.78 is 27.5. The smallest absolute Gasteiger partial charge is 0.272 e. The van der Waals surface area contributed by atoms with Crippen molar-refractivity contribution in [2.45, 2.75) is 17.1 Å². The quantitative estimate of drug-likeness (QED) is 0.162. The minimum absolute atomic E-state index is 0.131. The molecular formula is C31H25F2N3O3S. The van der Waals surface area contributed by atoms with Crippen molar-refractivity contribution in [2.75, 3.05) is 10.6 Å². The molecule has 3 amide bonds. The Hall–Kier alpha value is -4.76. The minimum Gasteiger partial charge on any atom is -0.325 e. The molecule has 0 aliphatic rings. The molecule has 0 fully saturated rings. The van der Waals surface area contributed by atoms with Crippen LogP contribution >= 0.6 is 11.8 Å². The van der Waals surface area contributed by atoms with Gasteiger partial charge in [0.15, 0.2) is 0 Å². The first kappa shape index (κ1) is 28.3. The van der Waals surface area contributed by atoms with Crippen LogP contribution in [0.3, 0.4) is 0 Å². The van der Waals surface area contributed by atoms with Gasteiger partial charge in [0, 0.05) is 27.4 Å².